The van der Waals surface area contributed by atoms with Gasteiger partial charge < -0.3 is 15.3 Å². The lowest BCUT2D eigenvalue weighted by Gasteiger charge is -2.23. The molecule has 142 valence electrons. The molecule has 0 unspecified atom stereocenters. The van der Waals surface area contributed by atoms with E-state index in [9.17, 15) is 19.5 Å². The molecule has 0 radical (unpaired) electrons. The van der Waals surface area contributed by atoms with E-state index in [1.807, 2.05) is 20.8 Å². The SMILES string of the molecule is CC(C)(C)C(=O)Nc1nc(CC(=O)N2C[C@@H]3CCC[C@@]3(C(=O)O)C2)cs1. The first-order valence-corrected chi connectivity index (χ1v) is 9.77. The minimum atomic E-state index is -0.781. The first kappa shape index (κ1) is 18.8. The zero-order valence-corrected chi connectivity index (χ0v) is 16.2. The number of thiazole rings is 1. The number of rotatable bonds is 4. The van der Waals surface area contributed by atoms with Crippen LogP contribution in [0.2, 0.25) is 0 Å². The number of carbonyl (C=O) groups is 3. The highest BCUT2D eigenvalue weighted by Crippen LogP contribution is 2.48. The monoisotopic (exact) mass is 379 g/mol. The van der Waals surface area contributed by atoms with Crippen LogP contribution < -0.4 is 5.32 Å². The minimum Gasteiger partial charge on any atom is -0.481 e. The van der Waals surface area contributed by atoms with Gasteiger partial charge in [0, 0.05) is 23.9 Å². The van der Waals surface area contributed by atoms with E-state index in [2.05, 4.69) is 10.3 Å². The van der Waals surface area contributed by atoms with E-state index in [-0.39, 0.29) is 24.2 Å². The summed E-state index contributed by atoms with van der Waals surface area (Å²) in [7, 11) is 0. The summed E-state index contributed by atoms with van der Waals surface area (Å²) in [4.78, 5) is 42.3. The first-order valence-electron chi connectivity index (χ1n) is 8.89. The number of carboxylic acid groups (broad SMARTS) is 1. The maximum absolute atomic E-state index is 12.6. The van der Waals surface area contributed by atoms with Crippen LogP contribution in [-0.4, -0.2) is 45.9 Å². The van der Waals surface area contributed by atoms with Gasteiger partial charge in [-0.2, -0.15) is 0 Å². The summed E-state index contributed by atoms with van der Waals surface area (Å²) in [6.45, 7) is 6.28. The number of nitrogens with one attached hydrogen (secondary N) is 1. The van der Waals surface area contributed by atoms with Crippen LogP contribution in [0.4, 0.5) is 5.13 Å². The lowest BCUT2D eigenvalue weighted by atomic mass is 9.81. The van der Waals surface area contributed by atoms with Crippen molar-refractivity contribution in [3.63, 3.8) is 0 Å². The standard InChI is InChI=1S/C18H25N3O4S/c1-17(2,3)14(23)20-16-19-12(9-26-16)7-13(22)21-8-11-5-4-6-18(11,10-21)15(24)25/h9,11H,4-8,10H2,1-3H3,(H,24,25)(H,19,20,23)/t11-,18+/m0/s1. The Bertz CT molecular complexity index is 739. The molecule has 3 rings (SSSR count). The van der Waals surface area contributed by atoms with E-state index in [1.54, 1.807) is 10.3 Å². The summed E-state index contributed by atoms with van der Waals surface area (Å²) >= 11 is 1.29. The first-order chi connectivity index (χ1) is 12.1. The number of hydrogen-bond donors (Lipinski definition) is 2. The van der Waals surface area contributed by atoms with Gasteiger partial charge in [0.1, 0.15) is 0 Å². The van der Waals surface area contributed by atoms with Crippen molar-refractivity contribution in [2.75, 3.05) is 18.4 Å². The van der Waals surface area contributed by atoms with Crippen molar-refractivity contribution in [1.29, 1.82) is 0 Å². The molecule has 1 aromatic rings. The molecule has 2 aliphatic rings. The summed E-state index contributed by atoms with van der Waals surface area (Å²) in [5.74, 6) is -0.948. The van der Waals surface area contributed by atoms with Crippen molar-refractivity contribution in [3.05, 3.63) is 11.1 Å². The van der Waals surface area contributed by atoms with Crippen molar-refractivity contribution < 1.29 is 19.5 Å². The summed E-state index contributed by atoms with van der Waals surface area (Å²) in [6.07, 6.45) is 2.57. The van der Waals surface area contributed by atoms with E-state index in [1.165, 1.54) is 11.3 Å². The Hall–Kier alpha value is -1.96. The number of aromatic nitrogens is 1. The highest BCUT2D eigenvalue weighted by molar-refractivity contribution is 7.13. The van der Waals surface area contributed by atoms with Crippen molar-refractivity contribution in [1.82, 2.24) is 9.88 Å². The predicted octanol–water partition coefficient (Wildman–Crippen LogP) is 2.38. The van der Waals surface area contributed by atoms with Gasteiger partial charge in [0.2, 0.25) is 11.8 Å². The Morgan fingerprint density at radius 2 is 2.15 bits per heavy atom. The topological polar surface area (TPSA) is 99.6 Å². The zero-order chi connectivity index (χ0) is 19.1. The smallest absolute Gasteiger partial charge is 0.311 e. The molecular weight excluding hydrogens is 354 g/mol. The summed E-state index contributed by atoms with van der Waals surface area (Å²) < 4.78 is 0. The molecule has 8 heteroatoms. The molecule has 0 spiro atoms. The lowest BCUT2D eigenvalue weighted by Crippen LogP contribution is -2.37. The Morgan fingerprint density at radius 1 is 1.42 bits per heavy atom. The third-order valence-electron chi connectivity index (χ3n) is 5.44. The molecule has 1 aromatic heterocycles. The van der Waals surface area contributed by atoms with Crippen LogP contribution in [0.15, 0.2) is 5.38 Å². The number of aliphatic carboxylic acids is 1. The highest BCUT2D eigenvalue weighted by atomic mass is 32.1. The Morgan fingerprint density at radius 3 is 2.77 bits per heavy atom. The van der Waals surface area contributed by atoms with Gasteiger partial charge in [0.25, 0.3) is 0 Å². The third kappa shape index (κ3) is 3.47. The van der Waals surface area contributed by atoms with Gasteiger partial charge in [-0.05, 0) is 18.8 Å². The van der Waals surface area contributed by atoms with Crippen molar-refractivity contribution >= 4 is 34.3 Å². The van der Waals surface area contributed by atoms with E-state index in [0.717, 1.165) is 12.8 Å². The second kappa shape index (κ2) is 6.64. The molecule has 1 aliphatic heterocycles. The molecule has 2 amide bonds. The van der Waals surface area contributed by atoms with Gasteiger partial charge in [0.05, 0.1) is 17.5 Å². The van der Waals surface area contributed by atoms with E-state index in [4.69, 9.17) is 0 Å². The van der Waals surface area contributed by atoms with E-state index >= 15 is 0 Å². The van der Waals surface area contributed by atoms with Crippen molar-refractivity contribution in [3.8, 4) is 0 Å². The number of hydrogen-bond acceptors (Lipinski definition) is 5. The number of anilines is 1. The highest BCUT2D eigenvalue weighted by Gasteiger charge is 2.55. The Balaban J connectivity index is 1.61. The number of carboxylic acids is 1. The molecule has 0 aromatic carbocycles. The maximum Gasteiger partial charge on any atom is 0.311 e. The van der Waals surface area contributed by atoms with Crippen LogP contribution in [0.1, 0.15) is 45.7 Å². The van der Waals surface area contributed by atoms with Crippen LogP contribution in [0, 0.1) is 16.7 Å². The second-order valence-electron chi connectivity index (χ2n) is 8.35. The minimum absolute atomic E-state index is 0.0565. The largest absolute Gasteiger partial charge is 0.481 e. The molecule has 2 atom stereocenters. The molecule has 0 bridgehead atoms. The maximum atomic E-state index is 12.6. The molecule has 2 heterocycles. The van der Waals surface area contributed by atoms with Gasteiger partial charge in [-0.3, -0.25) is 14.4 Å². The molecule has 7 nitrogen and oxygen atoms in total. The Labute approximate surface area is 156 Å². The second-order valence-corrected chi connectivity index (χ2v) is 9.21. The van der Waals surface area contributed by atoms with E-state index in [0.29, 0.717) is 30.3 Å². The lowest BCUT2D eigenvalue weighted by molar-refractivity contribution is -0.149. The quantitative estimate of drug-likeness (QED) is 0.837. The average Bonchev–Trinajstić information content (AvgIpc) is 3.19. The number of likely N-dealkylation sites (tertiary alicyclic amines) is 1. The fourth-order valence-electron chi connectivity index (χ4n) is 3.83. The van der Waals surface area contributed by atoms with Crippen LogP contribution in [0.3, 0.4) is 0 Å². The molecule has 1 saturated heterocycles. The number of nitrogens with zero attached hydrogens (tertiary/aromatic N) is 2. The third-order valence-corrected chi connectivity index (χ3v) is 6.24. The van der Waals surface area contributed by atoms with Gasteiger partial charge >= 0.3 is 5.97 Å². The van der Waals surface area contributed by atoms with Crippen LogP contribution >= 0.6 is 11.3 Å². The molecule has 26 heavy (non-hydrogen) atoms. The number of carbonyl (C=O) groups excluding carboxylic acids is 2. The van der Waals surface area contributed by atoms with Gasteiger partial charge in [-0.1, -0.05) is 27.2 Å². The van der Waals surface area contributed by atoms with Crippen LogP contribution in [0.5, 0.6) is 0 Å². The zero-order valence-electron chi connectivity index (χ0n) is 15.4. The Kier molecular flexibility index (Phi) is 4.81. The van der Waals surface area contributed by atoms with Crippen molar-refractivity contribution in [2.24, 2.45) is 16.7 Å². The normalized spacial score (nSPS) is 25.2. The fraction of sp³-hybridized carbons (Fsp3) is 0.667. The number of fused-ring (bicyclic) bond motifs is 1. The molecule has 2 N–H and O–H groups in total. The van der Waals surface area contributed by atoms with Crippen molar-refractivity contribution in [2.45, 2.75) is 46.5 Å². The van der Waals surface area contributed by atoms with Gasteiger partial charge in [-0.15, -0.1) is 11.3 Å². The molecule has 2 fully saturated rings. The van der Waals surface area contributed by atoms with Gasteiger partial charge in [-0.25, -0.2) is 4.98 Å². The average molecular weight is 379 g/mol. The predicted molar refractivity (Wildman–Crippen MR) is 97.9 cm³/mol. The van der Waals surface area contributed by atoms with E-state index < -0.39 is 16.8 Å². The number of amides is 2. The fourth-order valence-corrected chi connectivity index (χ4v) is 4.53. The van der Waals surface area contributed by atoms with Gasteiger partial charge in [0.15, 0.2) is 5.13 Å². The van der Waals surface area contributed by atoms with Crippen LogP contribution in [0.25, 0.3) is 0 Å². The summed E-state index contributed by atoms with van der Waals surface area (Å²) in [5, 5.41) is 14.6. The molecule has 1 aliphatic carbocycles. The van der Waals surface area contributed by atoms with Crippen LogP contribution in [-0.2, 0) is 20.8 Å². The molecule has 1 saturated carbocycles. The molecular formula is C18H25N3O4S. The summed E-state index contributed by atoms with van der Waals surface area (Å²) in [5.41, 5.74) is -0.672. The summed E-state index contributed by atoms with van der Waals surface area (Å²) in [6, 6.07) is 0.